The Bertz CT molecular complexity index is 1080. The normalized spacial score (nSPS) is 15.3. The van der Waals surface area contributed by atoms with Crippen molar-refractivity contribution in [1.29, 1.82) is 0 Å². The molecule has 0 aliphatic heterocycles. The molecule has 0 spiro atoms. The summed E-state index contributed by atoms with van der Waals surface area (Å²) in [5.41, 5.74) is 1.86. The lowest BCUT2D eigenvalue weighted by atomic mass is 9.87. The van der Waals surface area contributed by atoms with E-state index < -0.39 is 6.04 Å². The molecule has 5 nitrogen and oxygen atoms in total. The van der Waals surface area contributed by atoms with E-state index in [2.05, 4.69) is 42.0 Å². The van der Waals surface area contributed by atoms with Crippen molar-refractivity contribution in [3.05, 3.63) is 62.0 Å². The van der Waals surface area contributed by atoms with Crippen LogP contribution in [0.1, 0.15) is 70.9 Å². The van der Waals surface area contributed by atoms with Crippen LogP contribution in [0.2, 0.25) is 10.0 Å². The SMILES string of the molecule is C[C@@H](C(=O)NC1CCCCC1)N(Cc1ccc(Cl)cc1Cl)C(=O)COc1ccc(C(C)(C)C)cc1Br. The summed E-state index contributed by atoms with van der Waals surface area (Å²) in [4.78, 5) is 28.1. The van der Waals surface area contributed by atoms with Gasteiger partial charge in [0.05, 0.1) is 4.47 Å². The molecule has 0 aromatic heterocycles. The second kappa shape index (κ2) is 12.7. The number of hydrogen-bond donors (Lipinski definition) is 1. The highest BCUT2D eigenvalue weighted by atomic mass is 79.9. The first-order chi connectivity index (χ1) is 17.0. The van der Waals surface area contributed by atoms with Crippen LogP contribution in [0.25, 0.3) is 0 Å². The topological polar surface area (TPSA) is 58.6 Å². The lowest BCUT2D eigenvalue weighted by molar-refractivity contribution is -0.142. The number of carbonyl (C=O) groups is 2. The van der Waals surface area contributed by atoms with Crippen LogP contribution in [-0.4, -0.2) is 35.4 Å². The molecule has 2 amide bonds. The Kier molecular flexibility index (Phi) is 10.1. The van der Waals surface area contributed by atoms with Gasteiger partial charge in [0.15, 0.2) is 6.61 Å². The Morgan fingerprint density at radius 2 is 1.81 bits per heavy atom. The largest absolute Gasteiger partial charge is 0.483 e. The lowest BCUT2D eigenvalue weighted by Gasteiger charge is -2.31. The van der Waals surface area contributed by atoms with E-state index in [1.165, 1.54) is 11.3 Å². The van der Waals surface area contributed by atoms with E-state index in [1.54, 1.807) is 25.1 Å². The van der Waals surface area contributed by atoms with Crippen molar-refractivity contribution in [2.24, 2.45) is 0 Å². The fourth-order valence-corrected chi connectivity index (χ4v) is 5.25. The molecule has 196 valence electrons. The smallest absolute Gasteiger partial charge is 0.261 e. The quantitative estimate of drug-likeness (QED) is 0.347. The number of nitrogens with zero attached hydrogens (tertiary/aromatic N) is 1. The minimum absolute atomic E-state index is 0.00730. The van der Waals surface area contributed by atoms with Gasteiger partial charge in [-0.3, -0.25) is 9.59 Å². The highest BCUT2D eigenvalue weighted by Crippen LogP contribution is 2.32. The predicted molar refractivity (Wildman–Crippen MR) is 150 cm³/mol. The fraction of sp³-hybridized carbons (Fsp3) is 0.500. The van der Waals surface area contributed by atoms with E-state index >= 15 is 0 Å². The Hall–Kier alpha value is -1.76. The number of ether oxygens (including phenoxy) is 1. The van der Waals surface area contributed by atoms with Gasteiger partial charge in [-0.15, -0.1) is 0 Å². The van der Waals surface area contributed by atoms with E-state index in [1.807, 2.05) is 18.2 Å². The van der Waals surface area contributed by atoms with E-state index in [9.17, 15) is 9.59 Å². The molecule has 2 aromatic rings. The molecule has 8 heteroatoms. The number of amides is 2. The maximum absolute atomic E-state index is 13.4. The third-order valence-electron chi connectivity index (χ3n) is 6.62. The van der Waals surface area contributed by atoms with Crippen LogP contribution >= 0.6 is 39.1 Å². The first-order valence-electron chi connectivity index (χ1n) is 12.4. The van der Waals surface area contributed by atoms with Gasteiger partial charge >= 0.3 is 0 Å². The Morgan fingerprint density at radius 3 is 2.42 bits per heavy atom. The second-order valence-corrected chi connectivity index (χ2v) is 12.2. The molecule has 1 N–H and O–H groups in total. The minimum atomic E-state index is -0.693. The summed E-state index contributed by atoms with van der Waals surface area (Å²) in [6.45, 7) is 8.12. The van der Waals surface area contributed by atoms with Crippen molar-refractivity contribution in [3.63, 3.8) is 0 Å². The molecule has 36 heavy (non-hydrogen) atoms. The van der Waals surface area contributed by atoms with E-state index in [4.69, 9.17) is 27.9 Å². The number of hydrogen-bond acceptors (Lipinski definition) is 3. The molecule has 1 saturated carbocycles. The first kappa shape index (κ1) is 28.8. The van der Waals surface area contributed by atoms with Crippen LogP contribution < -0.4 is 10.1 Å². The van der Waals surface area contributed by atoms with Crippen molar-refractivity contribution < 1.29 is 14.3 Å². The molecule has 1 fully saturated rings. The van der Waals surface area contributed by atoms with Gasteiger partial charge in [0, 0.05) is 22.6 Å². The number of nitrogens with one attached hydrogen (secondary N) is 1. The summed E-state index contributed by atoms with van der Waals surface area (Å²) >= 11 is 16.0. The molecule has 1 aliphatic carbocycles. The highest BCUT2D eigenvalue weighted by Gasteiger charge is 2.29. The van der Waals surface area contributed by atoms with Crippen molar-refractivity contribution in [3.8, 4) is 5.75 Å². The zero-order valence-electron chi connectivity index (χ0n) is 21.4. The number of carbonyl (C=O) groups excluding carboxylic acids is 2. The van der Waals surface area contributed by atoms with E-state index in [0.29, 0.717) is 21.4 Å². The second-order valence-electron chi connectivity index (χ2n) is 10.5. The van der Waals surface area contributed by atoms with Gasteiger partial charge in [-0.1, -0.05) is 75.4 Å². The standard InChI is InChI=1S/C28H35BrCl2N2O3/c1-18(27(35)32-22-8-6-5-7-9-22)33(16-19-10-12-21(30)15-24(19)31)26(34)17-36-25-13-11-20(14-23(25)29)28(2,3)4/h10-15,18,22H,5-9,16-17H2,1-4H3,(H,32,35)/t18-/m0/s1. The lowest BCUT2D eigenvalue weighted by Crippen LogP contribution is -2.51. The number of benzene rings is 2. The minimum Gasteiger partial charge on any atom is -0.483 e. The molecule has 0 bridgehead atoms. The summed E-state index contributed by atoms with van der Waals surface area (Å²) in [5, 5.41) is 4.09. The average Bonchev–Trinajstić information content (AvgIpc) is 2.82. The predicted octanol–water partition coefficient (Wildman–Crippen LogP) is 7.30. The van der Waals surface area contributed by atoms with Crippen molar-refractivity contribution in [1.82, 2.24) is 10.2 Å². The van der Waals surface area contributed by atoms with E-state index in [0.717, 1.165) is 35.7 Å². The zero-order valence-corrected chi connectivity index (χ0v) is 24.5. The van der Waals surface area contributed by atoms with Gasteiger partial charge in [-0.05, 0) is 76.5 Å². The van der Waals surface area contributed by atoms with Crippen LogP contribution in [0, 0.1) is 0 Å². The maximum Gasteiger partial charge on any atom is 0.261 e. The Labute approximate surface area is 233 Å². The summed E-state index contributed by atoms with van der Waals surface area (Å²) in [7, 11) is 0. The fourth-order valence-electron chi connectivity index (χ4n) is 4.29. The Balaban J connectivity index is 1.76. The summed E-state index contributed by atoms with van der Waals surface area (Å²) in [6.07, 6.45) is 5.36. The zero-order chi connectivity index (χ0) is 26.5. The van der Waals surface area contributed by atoms with Crippen LogP contribution in [0.5, 0.6) is 5.75 Å². The van der Waals surface area contributed by atoms with Crippen molar-refractivity contribution in [2.75, 3.05) is 6.61 Å². The molecule has 0 radical (unpaired) electrons. The number of halogens is 3. The molecule has 1 atom stereocenters. The molecule has 0 saturated heterocycles. The molecular formula is C28H35BrCl2N2O3. The molecule has 1 aliphatic rings. The van der Waals surface area contributed by atoms with Gasteiger partial charge in [0.1, 0.15) is 11.8 Å². The monoisotopic (exact) mass is 596 g/mol. The Morgan fingerprint density at radius 1 is 1.11 bits per heavy atom. The third kappa shape index (κ3) is 7.87. The van der Waals surface area contributed by atoms with Gasteiger partial charge in [-0.25, -0.2) is 0 Å². The van der Waals surface area contributed by atoms with Crippen LogP contribution in [0.3, 0.4) is 0 Å². The third-order valence-corrected chi connectivity index (χ3v) is 7.83. The number of rotatable bonds is 8. The average molecular weight is 598 g/mol. The van der Waals surface area contributed by atoms with Crippen LogP contribution in [-0.2, 0) is 21.5 Å². The first-order valence-corrected chi connectivity index (χ1v) is 14.0. The van der Waals surface area contributed by atoms with Crippen LogP contribution in [0.15, 0.2) is 40.9 Å². The molecule has 2 aromatic carbocycles. The van der Waals surface area contributed by atoms with Crippen LogP contribution in [0.4, 0.5) is 0 Å². The summed E-state index contributed by atoms with van der Waals surface area (Å²) in [6, 6.07) is 10.5. The molecular weight excluding hydrogens is 563 g/mol. The van der Waals surface area contributed by atoms with Crippen molar-refractivity contribution in [2.45, 2.75) is 83.8 Å². The summed E-state index contributed by atoms with van der Waals surface area (Å²) in [5.74, 6) is 0.0929. The highest BCUT2D eigenvalue weighted by molar-refractivity contribution is 9.10. The van der Waals surface area contributed by atoms with Gasteiger partial charge in [0.25, 0.3) is 5.91 Å². The van der Waals surface area contributed by atoms with Crippen molar-refractivity contribution >= 4 is 50.9 Å². The van der Waals surface area contributed by atoms with Gasteiger partial charge < -0.3 is 15.0 Å². The molecule has 3 rings (SSSR count). The summed E-state index contributed by atoms with van der Waals surface area (Å²) < 4.78 is 6.67. The van der Waals surface area contributed by atoms with Gasteiger partial charge in [0.2, 0.25) is 5.91 Å². The van der Waals surface area contributed by atoms with E-state index in [-0.39, 0.29) is 36.4 Å². The molecule has 0 heterocycles. The van der Waals surface area contributed by atoms with Gasteiger partial charge in [-0.2, -0.15) is 0 Å². The maximum atomic E-state index is 13.4. The molecule has 0 unspecified atom stereocenters.